The zero-order chi connectivity index (χ0) is 13.3. The Morgan fingerprint density at radius 3 is 2.78 bits per heavy atom. The maximum Gasteiger partial charge on any atom is 0.278 e. The lowest BCUT2D eigenvalue weighted by atomic mass is 10.3. The number of anilines is 2. The molecule has 2 heterocycles. The smallest absolute Gasteiger partial charge is 0.278 e. The molecule has 0 unspecified atom stereocenters. The van der Waals surface area contributed by atoms with Gasteiger partial charge in [-0.15, -0.1) is 0 Å². The van der Waals surface area contributed by atoms with E-state index in [0.717, 1.165) is 0 Å². The second kappa shape index (κ2) is 4.52. The number of H-pyrrole nitrogens is 1. The normalized spacial score (nSPS) is 10.9. The van der Waals surface area contributed by atoms with Crippen LogP contribution in [0.25, 0.3) is 0 Å². The van der Waals surface area contributed by atoms with E-state index in [0.29, 0.717) is 17.1 Å². The first kappa shape index (κ1) is 12.2. The average molecular weight is 248 g/mol. The molecular weight excluding hydrogens is 232 g/mol. The van der Waals surface area contributed by atoms with Gasteiger partial charge in [-0.1, -0.05) is 0 Å². The van der Waals surface area contributed by atoms with Crippen LogP contribution in [0.5, 0.6) is 0 Å². The molecule has 0 saturated heterocycles. The SMILES string of the molecule is Cc1[nH]nc(C(=O)Nc2cnn(C(C)C)c2)c1N. The van der Waals surface area contributed by atoms with Gasteiger partial charge in [0.15, 0.2) is 5.69 Å². The van der Waals surface area contributed by atoms with Gasteiger partial charge in [0.2, 0.25) is 0 Å². The van der Waals surface area contributed by atoms with Gasteiger partial charge in [0.25, 0.3) is 5.91 Å². The molecule has 0 fully saturated rings. The summed E-state index contributed by atoms with van der Waals surface area (Å²) >= 11 is 0. The number of rotatable bonds is 3. The number of aromatic nitrogens is 4. The van der Waals surface area contributed by atoms with E-state index in [1.54, 1.807) is 24.0 Å². The number of carbonyl (C=O) groups excluding carboxylic acids is 1. The van der Waals surface area contributed by atoms with Gasteiger partial charge >= 0.3 is 0 Å². The Hall–Kier alpha value is -2.31. The summed E-state index contributed by atoms with van der Waals surface area (Å²) in [5.74, 6) is -0.347. The van der Waals surface area contributed by atoms with Crippen LogP contribution in [0.15, 0.2) is 12.4 Å². The molecule has 4 N–H and O–H groups in total. The van der Waals surface area contributed by atoms with E-state index in [1.807, 2.05) is 13.8 Å². The van der Waals surface area contributed by atoms with Crippen molar-refractivity contribution < 1.29 is 4.79 Å². The molecule has 2 rings (SSSR count). The van der Waals surface area contributed by atoms with Crippen molar-refractivity contribution in [1.29, 1.82) is 0 Å². The van der Waals surface area contributed by atoms with Crippen LogP contribution in [-0.4, -0.2) is 25.9 Å². The van der Waals surface area contributed by atoms with Gasteiger partial charge in [-0.2, -0.15) is 10.2 Å². The summed E-state index contributed by atoms with van der Waals surface area (Å²) in [5.41, 5.74) is 7.60. The molecular formula is C11H16N6O. The predicted molar refractivity (Wildman–Crippen MR) is 68.3 cm³/mol. The largest absolute Gasteiger partial charge is 0.395 e. The summed E-state index contributed by atoms with van der Waals surface area (Å²) < 4.78 is 1.76. The molecule has 0 aliphatic carbocycles. The number of nitrogens with two attached hydrogens (primary N) is 1. The van der Waals surface area contributed by atoms with Gasteiger partial charge in [-0.05, 0) is 20.8 Å². The number of aromatic amines is 1. The fourth-order valence-electron chi connectivity index (χ4n) is 1.49. The van der Waals surface area contributed by atoms with E-state index in [1.165, 1.54) is 0 Å². The highest BCUT2D eigenvalue weighted by atomic mass is 16.2. The maximum absolute atomic E-state index is 11.9. The second-order valence-electron chi connectivity index (χ2n) is 4.37. The van der Waals surface area contributed by atoms with Crippen molar-refractivity contribution in [2.24, 2.45) is 0 Å². The number of nitrogens with zero attached hydrogens (tertiary/aromatic N) is 3. The molecule has 0 aliphatic heterocycles. The lowest BCUT2D eigenvalue weighted by Crippen LogP contribution is -2.14. The van der Waals surface area contributed by atoms with Crippen LogP contribution < -0.4 is 11.1 Å². The van der Waals surface area contributed by atoms with Crippen molar-refractivity contribution in [1.82, 2.24) is 20.0 Å². The van der Waals surface area contributed by atoms with Gasteiger partial charge in [0.1, 0.15) is 0 Å². The van der Waals surface area contributed by atoms with Crippen molar-refractivity contribution in [3.8, 4) is 0 Å². The monoisotopic (exact) mass is 248 g/mol. The van der Waals surface area contributed by atoms with E-state index in [2.05, 4.69) is 20.6 Å². The number of aryl methyl sites for hydroxylation is 1. The Labute approximate surface area is 104 Å². The Kier molecular flexibility index (Phi) is 3.05. The van der Waals surface area contributed by atoms with Gasteiger partial charge in [0.05, 0.1) is 23.3 Å². The molecule has 2 aromatic rings. The number of nitrogens with one attached hydrogen (secondary N) is 2. The first-order chi connectivity index (χ1) is 8.49. The summed E-state index contributed by atoms with van der Waals surface area (Å²) in [4.78, 5) is 11.9. The van der Waals surface area contributed by atoms with Gasteiger partial charge in [0, 0.05) is 12.2 Å². The molecule has 7 nitrogen and oxygen atoms in total. The van der Waals surface area contributed by atoms with E-state index < -0.39 is 0 Å². The van der Waals surface area contributed by atoms with Crippen molar-refractivity contribution in [2.45, 2.75) is 26.8 Å². The first-order valence-electron chi connectivity index (χ1n) is 5.65. The molecule has 0 atom stereocenters. The zero-order valence-corrected chi connectivity index (χ0v) is 10.6. The standard InChI is InChI=1S/C11H16N6O/c1-6(2)17-5-8(4-13-17)14-11(18)10-9(12)7(3)15-16-10/h4-6H,12H2,1-3H3,(H,14,18)(H,15,16). The quantitative estimate of drug-likeness (QED) is 0.762. The van der Waals surface area contributed by atoms with E-state index in [-0.39, 0.29) is 17.6 Å². The summed E-state index contributed by atoms with van der Waals surface area (Å²) in [5, 5.41) is 13.4. The summed E-state index contributed by atoms with van der Waals surface area (Å²) in [6, 6.07) is 0.244. The van der Waals surface area contributed by atoms with E-state index in [4.69, 9.17) is 5.73 Å². The number of amides is 1. The topological polar surface area (TPSA) is 102 Å². The molecule has 0 saturated carbocycles. The van der Waals surface area contributed by atoms with Gasteiger partial charge in [-0.3, -0.25) is 14.6 Å². The van der Waals surface area contributed by atoms with Crippen LogP contribution in [0.3, 0.4) is 0 Å². The van der Waals surface area contributed by atoms with E-state index >= 15 is 0 Å². The molecule has 0 bridgehead atoms. The summed E-state index contributed by atoms with van der Waals surface area (Å²) in [7, 11) is 0. The third-order valence-electron chi connectivity index (χ3n) is 2.60. The number of hydrogen-bond acceptors (Lipinski definition) is 4. The number of hydrogen-bond donors (Lipinski definition) is 3. The van der Waals surface area contributed by atoms with Crippen molar-refractivity contribution in [3.63, 3.8) is 0 Å². The number of carbonyl (C=O) groups is 1. The minimum Gasteiger partial charge on any atom is -0.395 e. The van der Waals surface area contributed by atoms with Crippen molar-refractivity contribution in [2.75, 3.05) is 11.1 Å². The Balaban J connectivity index is 2.14. The fraction of sp³-hybridized carbons (Fsp3) is 0.364. The summed E-state index contributed by atoms with van der Waals surface area (Å²) in [6.45, 7) is 5.78. The lowest BCUT2D eigenvalue weighted by Gasteiger charge is -2.03. The van der Waals surface area contributed by atoms with Crippen molar-refractivity contribution in [3.05, 3.63) is 23.8 Å². The third-order valence-corrected chi connectivity index (χ3v) is 2.60. The highest BCUT2D eigenvalue weighted by Gasteiger charge is 2.16. The van der Waals surface area contributed by atoms with Crippen LogP contribution in [0.1, 0.15) is 36.1 Å². The van der Waals surface area contributed by atoms with E-state index in [9.17, 15) is 4.79 Å². The minimum atomic E-state index is -0.347. The molecule has 7 heteroatoms. The summed E-state index contributed by atoms with van der Waals surface area (Å²) in [6.07, 6.45) is 3.35. The molecule has 0 radical (unpaired) electrons. The van der Waals surface area contributed by atoms with Crippen molar-refractivity contribution >= 4 is 17.3 Å². The minimum absolute atomic E-state index is 0.199. The highest BCUT2D eigenvalue weighted by Crippen LogP contribution is 2.15. The first-order valence-corrected chi connectivity index (χ1v) is 5.65. The molecule has 0 spiro atoms. The molecule has 96 valence electrons. The highest BCUT2D eigenvalue weighted by molar-refractivity contribution is 6.06. The maximum atomic E-state index is 11.9. The van der Waals surface area contributed by atoms with Gasteiger partial charge < -0.3 is 11.1 Å². The molecule has 2 aromatic heterocycles. The second-order valence-corrected chi connectivity index (χ2v) is 4.37. The number of nitrogen functional groups attached to an aromatic ring is 1. The predicted octanol–water partition coefficient (Wildman–Crippen LogP) is 1.33. The lowest BCUT2D eigenvalue weighted by molar-refractivity contribution is 0.102. The van der Waals surface area contributed by atoms with Crippen LogP contribution >= 0.6 is 0 Å². The molecule has 18 heavy (non-hydrogen) atoms. The van der Waals surface area contributed by atoms with Crippen LogP contribution in [0, 0.1) is 6.92 Å². The van der Waals surface area contributed by atoms with Gasteiger partial charge in [-0.25, -0.2) is 0 Å². The Bertz CT molecular complexity index is 568. The van der Waals surface area contributed by atoms with Crippen LogP contribution in [0.2, 0.25) is 0 Å². The van der Waals surface area contributed by atoms with Crippen LogP contribution in [0.4, 0.5) is 11.4 Å². The molecule has 0 aromatic carbocycles. The Morgan fingerprint density at radius 1 is 1.56 bits per heavy atom. The molecule has 0 aliphatic rings. The Morgan fingerprint density at radius 2 is 2.28 bits per heavy atom. The zero-order valence-electron chi connectivity index (χ0n) is 10.6. The van der Waals surface area contributed by atoms with Crippen LogP contribution in [-0.2, 0) is 0 Å². The fourth-order valence-corrected chi connectivity index (χ4v) is 1.49. The molecule has 1 amide bonds. The third kappa shape index (κ3) is 2.20. The average Bonchev–Trinajstić information content (AvgIpc) is 2.88.